The summed E-state index contributed by atoms with van der Waals surface area (Å²) in [6, 6.07) is 2.52. The Labute approximate surface area is 101 Å². The Morgan fingerprint density at radius 3 is 2.61 bits per heavy atom. The van der Waals surface area contributed by atoms with E-state index in [9.17, 15) is 23.3 Å². The van der Waals surface area contributed by atoms with Crippen molar-refractivity contribution in [1.82, 2.24) is 4.72 Å². The molecular formula is C8H9N3O6S. The molecule has 1 rings (SSSR count). The molecule has 0 bridgehead atoms. The highest BCUT2D eigenvalue weighted by Gasteiger charge is 2.21. The number of primary amides is 1. The van der Waals surface area contributed by atoms with E-state index in [1.807, 2.05) is 4.72 Å². The number of nitro groups is 1. The molecule has 0 atom stereocenters. The fourth-order valence-electron chi connectivity index (χ4n) is 1.07. The van der Waals surface area contributed by atoms with Gasteiger partial charge in [0.25, 0.3) is 0 Å². The number of hydrogen-bond acceptors (Lipinski definition) is 6. The molecule has 0 spiro atoms. The van der Waals surface area contributed by atoms with Gasteiger partial charge in [-0.1, -0.05) is 0 Å². The summed E-state index contributed by atoms with van der Waals surface area (Å²) in [6.45, 7) is -0.628. The first-order chi connectivity index (χ1) is 8.24. The number of nitrogens with two attached hydrogens (primary N) is 1. The molecule has 9 nitrogen and oxygen atoms in total. The zero-order valence-corrected chi connectivity index (χ0v) is 9.68. The summed E-state index contributed by atoms with van der Waals surface area (Å²) < 4.78 is 25.1. The third-order valence-electron chi connectivity index (χ3n) is 1.89. The molecule has 1 aromatic rings. The number of aromatic hydroxyl groups is 1. The zero-order valence-electron chi connectivity index (χ0n) is 8.86. The number of hydrogen-bond donors (Lipinski definition) is 3. The van der Waals surface area contributed by atoms with Crippen LogP contribution in [0.3, 0.4) is 0 Å². The van der Waals surface area contributed by atoms with Gasteiger partial charge < -0.3 is 10.8 Å². The topological polar surface area (TPSA) is 153 Å². The molecule has 0 aliphatic rings. The Kier molecular flexibility index (Phi) is 3.83. The van der Waals surface area contributed by atoms with Gasteiger partial charge >= 0.3 is 5.69 Å². The Morgan fingerprint density at radius 2 is 2.11 bits per heavy atom. The summed E-state index contributed by atoms with van der Waals surface area (Å²) >= 11 is 0. The van der Waals surface area contributed by atoms with Gasteiger partial charge in [-0.2, -0.15) is 0 Å². The molecule has 98 valence electrons. The molecule has 0 aliphatic carbocycles. The maximum Gasteiger partial charge on any atom is 0.312 e. The standard InChI is InChI=1S/C8H9N3O6S/c9-8(13)4-10-18(16,17)5-1-2-7(12)6(3-5)11(14)15/h1-3,10,12H,4H2,(H2,9,13). The van der Waals surface area contributed by atoms with Crippen LogP contribution >= 0.6 is 0 Å². The predicted molar refractivity (Wildman–Crippen MR) is 59.1 cm³/mol. The maximum absolute atomic E-state index is 11.6. The SMILES string of the molecule is NC(=O)CNS(=O)(=O)c1ccc(O)c([N+](=O)[O-])c1. The van der Waals surface area contributed by atoms with Crippen molar-refractivity contribution < 1.29 is 23.2 Å². The number of nitrogens with zero attached hydrogens (tertiary/aromatic N) is 1. The number of carbonyl (C=O) groups is 1. The second-order valence-electron chi connectivity index (χ2n) is 3.20. The Bertz CT molecular complexity index is 597. The molecule has 0 fully saturated rings. The largest absolute Gasteiger partial charge is 0.502 e. The summed E-state index contributed by atoms with van der Waals surface area (Å²) in [6.07, 6.45) is 0. The molecule has 1 aromatic carbocycles. The zero-order chi connectivity index (χ0) is 13.9. The first-order valence-electron chi connectivity index (χ1n) is 4.49. The minimum atomic E-state index is -4.09. The summed E-state index contributed by atoms with van der Waals surface area (Å²) in [5.41, 5.74) is 4.01. The van der Waals surface area contributed by atoms with Crippen molar-refractivity contribution >= 4 is 21.6 Å². The van der Waals surface area contributed by atoms with Crippen molar-refractivity contribution in [2.45, 2.75) is 4.90 Å². The highest BCUT2D eigenvalue weighted by atomic mass is 32.2. The van der Waals surface area contributed by atoms with E-state index in [1.54, 1.807) is 0 Å². The Morgan fingerprint density at radius 1 is 1.50 bits per heavy atom. The fourth-order valence-corrected chi connectivity index (χ4v) is 2.08. The molecular weight excluding hydrogens is 266 g/mol. The summed E-state index contributed by atoms with van der Waals surface area (Å²) in [5, 5.41) is 19.7. The minimum absolute atomic E-state index is 0.451. The van der Waals surface area contributed by atoms with Gasteiger partial charge in [-0.05, 0) is 12.1 Å². The normalized spacial score (nSPS) is 11.1. The van der Waals surface area contributed by atoms with Crippen LogP contribution in [0, 0.1) is 10.1 Å². The van der Waals surface area contributed by atoms with Gasteiger partial charge in [0.15, 0.2) is 5.75 Å². The highest BCUT2D eigenvalue weighted by molar-refractivity contribution is 7.89. The summed E-state index contributed by atoms with van der Waals surface area (Å²) in [4.78, 5) is 19.6. The van der Waals surface area contributed by atoms with Gasteiger partial charge in [0.2, 0.25) is 15.9 Å². The molecule has 1 amide bonds. The second kappa shape index (κ2) is 4.98. The van der Waals surface area contributed by atoms with Crippen molar-refractivity contribution in [1.29, 1.82) is 0 Å². The average molecular weight is 275 g/mol. The van der Waals surface area contributed by atoms with Crippen LogP contribution in [0.15, 0.2) is 23.1 Å². The smallest absolute Gasteiger partial charge is 0.312 e. The first kappa shape index (κ1) is 13.9. The Balaban J connectivity index is 3.14. The number of sulfonamides is 1. The average Bonchev–Trinajstić information content (AvgIpc) is 2.26. The van der Waals surface area contributed by atoms with E-state index in [0.29, 0.717) is 6.07 Å². The minimum Gasteiger partial charge on any atom is -0.502 e. The van der Waals surface area contributed by atoms with Crippen molar-refractivity contribution in [2.24, 2.45) is 5.73 Å². The van der Waals surface area contributed by atoms with Gasteiger partial charge in [-0.25, -0.2) is 13.1 Å². The summed E-state index contributed by atoms with van der Waals surface area (Å²) in [5.74, 6) is -1.55. The molecule has 0 radical (unpaired) electrons. The second-order valence-corrected chi connectivity index (χ2v) is 4.97. The van der Waals surface area contributed by atoms with Crippen LogP contribution < -0.4 is 10.5 Å². The molecule has 0 aliphatic heterocycles. The molecule has 0 heterocycles. The van der Waals surface area contributed by atoms with Crippen molar-refractivity contribution in [3.8, 4) is 5.75 Å². The van der Waals surface area contributed by atoms with Gasteiger partial charge in [-0.15, -0.1) is 0 Å². The number of nitrogens with one attached hydrogen (secondary N) is 1. The van der Waals surface area contributed by atoms with Crippen molar-refractivity contribution in [3.63, 3.8) is 0 Å². The van der Waals surface area contributed by atoms with E-state index >= 15 is 0 Å². The number of phenolic OH excluding ortho intramolecular Hbond substituents is 1. The molecule has 0 saturated heterocycles. The quantitative estimate of drug-likeness (QED) is 0.465. The van der Waals surface area contributed by atoms with Gasteiger partial charge in [0.1, 0.15) is 0 Å². The lowest BCUT2D eigenvalue weighted by molar-refractivity contribution is -0.386. The molecule has 18 heavy (non-hydrogen) atoms. The van der Waals surface area contributed by atoms with Crippen LogP contribution in [-0.2, 0) is 14.8 Å². The number of phenols is 1. The van der Waals surface area contributed by atoms with Crippen LogP contribution in [0.2, 0.25) is 0 Å². The molecule has 0 unspecified atom stereocenters. The van der Waals surface area contributed by atoms with Crippen LogP contribution in [0.25, 0.3) is 0 Å². The van der Waals surface area contributed by atoms with E-state index in [2.05, 4.69) is 0 Å². The predicted octanol–water partition coefficient (Wildman–Crippen LogP) is -0.936. The van der Waals surface area contributed by atoms with Crippen LogP contribution in [-0.4, -0.2) is 30.9 Å². The lowest BCUT2D eigenvalue weighted by atomic mass is 10.3. The lowest BCUT2D eigenvalue weighted by Gasteiger charge is -2.05. The van der Waals surface area contributed by atoms with Crippen LogP contribution in [0.5, 0.6) is 5.75 Å². The number of rotatable bonds is 5. The third kappa shape index (κ3) is 3.15. The van der Waals surface area contributed by atoms with Crippen LogP contribution in [0.1, 0.15) is 0 Å². The summed E-state index contributed by atoms with van der Waals surface area (Å²) in [7, 11) is -4.09. The van der Waals surface area contributed by atoms with E-state index in [1.165, 1.54) is 0 Å². The third-order valence-corrected chi connectivity index (χ3v) is 3.29. The first-order valence-corrected chi connectivity index (χ1v) is 5.98. The maximum atomic E-state index is 11.6. The monoisotopic (exact) mass is 275 g/mol. The van der Waals surface area contributed by atoms with E-state index in [0.717, 1.165) is 12.1 Å². The number of amides is 1. The van der Waals surface area contributed by atoms with Gasteiger partial charge in [-0.3, -0.25) is 14.9 Å². The van der Waals surface area contributed by atoms with Crippen LogP contribution in [0.4, 0.5) is 5.69 Å². The van der Waals surface area contributed by atoms with Crippen molar-refractivity contribution in [2.75, 3.05) is 6.54 Å². The molecule has 10 heteroatoms. The molecule has 0 aromatic heterocycles. The number of carbonyl (C=O) groups excluding carboxylic acids is 1. The van der Waals surface area contributed by atoms with Gasteiger partial charge in [0, 0.05) is 6.07 Å². The fraction of sp³-hybridized carbons (Fsp3) is 0.125. The van der Waals surface area contributed by atoms with Gasteiger partial charge in [0.05, 0.1) is 16.4 Å². The lowest BCUT2D eigenvalue weighted by Crippen LogP contribution is -2.33. The van der Waals surface area contributed by atoms with E-state index in [4.69, 9.17) is 10.8 Å². The number of benzene rings is 1. The highest BCUT2D eigenvalue weighted by Crippen LogP contribution is 2.27. The van der Waals surface area contributed by atoms with E-state index < -0.39 is 43.7 Å². The Hall–Kier alpha value is -2.20. The van der Waals surface area contributed by atoms with Crippen molar-refractivity contribution in [3.05, 3.63) is 28.3 Å². The molecule has 4 N–H and O–H groups in total. The molecule has 0 saturated carbocycles. The number of nitro benzene ring substituents is 1. The van der Waals surface area contributed by atoms with E-state index in [-0.39, 0.29) is 0 Å².